The molecule has 0 aliphatic carbocycles. The third-order valence-corrected chi connectivity index (χ3v) is 5.90. The van der Waals surface area contributed by atoms with E-state index >= 15 is 0 Å². The smallest absolute Gasteiger partial charge is 0.225 e. The fourth-order valence-electron chi connectivity index (χ4n) is 2.54. The molecule has 0 bridgehead atoms. The summed E-state index contributed by atoms with van der Waals surface area (Å²) in [5.41, 5.74) is 1.40. The molecule has 0 aliphatic rings. The van der Waals surface area contributed by atoms with Crippen molar-refractivity contribution in [3.8, 4) is 0 Å². The summed E-state index contributed by atoms with van der Waals surface area (Å²) in [4.78, 5) is 12.3. The summed E-state index contributed by atoms with van der Waals surface area (Å²) >= 11 is 0. The van der Waals surface area contributed by atoms with Crippen LogP contribution in [-0.2, 0) is 21.7 Å². The Kier molecular flexibility index (Phi) is 4.59. The number of aryl methyl sites for hydroxylation is 1. The lowest BCUT2D eigenvalue weighted by molar-refractivity contribution is -0.115. The highest BCUT2D eigenvalue weighted by Gasteiger charge is 2.17. The Balaban J connectivity index is 1.70. The first kappa shape index (κ1) is 17.2. The number of aromatic nitrogens is 2. The zero-order valence-corrected chi connectivity index (χ0v) is 14.9. The molecule has 1 amide bonds. The van der Waals surface area contributed by atoms with Crippen molar-refractivity contribution in [2.24, 2.45) is 7.05 Å². The van der Waals surface area contributed by atoms with Crippen LogP contribution >= 0.6 is 0 Å². The van der Waals surface area contributed by atoms with Crippen LogP contribution in [0.5, 0.6) is 0 Å². The van der Waals surface area contributed by atoms with Gasteiger partial charge in [-0.25, -0.2) is 8.42 Å². The highest BCUT2D eigenvalue weighted by Crippen LogP contribution is 2.20. The average molecular weight is 357 g/mol. The Labute approximate surface area is 146 Å². The molecule has 0 fully saturated rings. The van der Waals surface area contributed by atoms with Crippen molar-refractivity contribution in [2.45, 2.75) is 18.2 Å². The number of hydrogen-bond donors (Lipinski definition) is 1. The van der Waals surface area contributed by atoms with Crippen molar-refractivity contribution >= 4 is 32.2 Å². The maximum absolute atomic E-state index is 12.5. The second-order valence-corrected chi connectivity index (χ2v) is 8.00. The number of anilines is 1. The monoisotopic (exact) mass is 357 g/mol. The maximum atomic E-state index is 12.5. The minimum Gasteiger partial charge on any atom is -0.323 e. The molecule has 0 radical (unpaired) electrons. The molecule has 0 saturated carbocycles. The van der Waals surface area contributed by atoms with E-state index in [2.05, 4.69) is 10.4 Å². The Hall–Kier alpha value is -2.67. The van der Waals surface area contributed by atoms with Gasteiger partial charge in [0.2, 0.25) is 5.91 Å². The number of carbonyl (C=O) groups excluding carboxylic acids is 1. The van der Waals surface area contributed by atoms with Gasteiger partial charge in [0, 0.05) is 13.5 Å². The fourth-order valence-corrected chi connectivity index (χ4v) is 3.81. The van der Waals surface area contributed by atoms with Gasteiger partial charge in [-0.3, -0.25) is 9.48 Å². The molecule has 2 aromatic carbocycles. The first-order chi connectivity index (χ1) is 11.9. The Morgan fingerprint density at radius 1 is 1.16 bits per heavy atom. The number of nitrogens with one attached hydrogen (secondary N) is 1. The van der Waals surface area contributed by atoms with E-state index in [1.54, 1.807) is 36.1 Å². The molecule has 0 unspecified atom stereocenters. The van der Waals surface area contributed by atoms with Crippen LogP contribution in [0.1, 0.15) is 12.1 Å². The molecule has 0 saturated heterocycles. The van der Waals surface area contributed by atoms with Gasteiger partial charge in [-0.05, 0) is 29.8 Å². The number of sulfone groups is 1. The van der Waals surface area contributed by atoms with Crippen LogP contribution in [0.3, 0.4) is 0 Å². The first-order valence-corrected chi connectivity index (χ1v) is 9.52. The normalized spacial score (nSPS) is 11.6. The minimum absolute atomic E-state index is 0.108. The van der Waals surface area contributed by atoms with E-state index in [0.29, 0.717) is 5.69 Å². The quantitative estimate of drug-likeness (QED) is 0.761. The van der Waals surface area contributed by atoms with Crippen molar-refractivity contribution in [3.63, 3.8) is 0 Å². The maximum Gasteiger partial charge on any atom is 0.225 e. The summed E-state index contributed by atoms with van der Waals surface area (Å²) in [6.07, 6.45) is 1.44. The van der Waals surface area contributed by atoms with Crippen LogP contribution in [0.2, 0.25) is 0 Å². The minimum atomic E-state index is -3.53. The predicted molar refractivity (Wildman–Crippen MR) is 97.2 cm³/mol. The van der Waals surface area contributed by atoms with Crippen LogP contribution in [0, 0.1) is 6.92 Å². The van der Waals surface area contributed by atoms with Crippen LogP contribution in [0.15, 0.2) is 53.6 Å². The van der Waals surface area contributed by atoms with Crippen LogP contribution < -0.4 is 5.32 Å². The Morgan fingerprint density at radius 2 is 1.88 bits per heavy atom. The summed E-state index contributed by atoms with van der Waals surface area (Å²) in [6.45, 7) is 1.83. The van der Waals surface area contributed by atoms with Gasteiger partial charge < -0.3 is 5.32 Å². The molecule has 3 rings (SSSR count). The van der Waals surface area contributed by atoms with Crippen LogP contribution in [-0.4, -0.2) is 29.9 Å². The molecule has 0 spiro atoms. The van der Waals surface area contributed by atoms with Crippen LogP contribution in [0.4, 0.5) is 5.69 Å². The van der Waals surface area contributed by atoms with Gasteiger partial charge in [0.1, 0.15) is 0 Å². The average Bonchev–Trinajstić information content (AvgIpc) is 2.92. The molecule has 0 atom stereocenters. The molecule has 25 heavy (non-hydrogen) atoms. The lowest BCUT2D eigenvalue weighted by atomic mass is 10.1. The number of nitrogens with zero attached hydrogens (tertiary/aromatic N) is 2. The fraction of sp³-hybridized carbons (Fsp3) is 0.222. The lowest BCUT2D eigenvalue weighted by Crippen LogP contribution is -2.17. The summed E-state index contributed by atoms with van der Waals surface area (Å²) < 4.78 is 26.7. The number of rotatable bonds is 5. The molecular weight excluding hydrogens is 338 g/mol. The summed E-state index contributed by atoms with van der Waals surface area (Å²) in [6, 6.07) is 12.6. The highest BCUT2D eigenvalue weighted by atomic mass is 32.2. The van der Waals surface area contributed by atoms with Gasteiger partial charge in [-0.2, -0.15) is 5.10 Å². The van der Waals surface area contributed by atoms with Gasteiger partial charge in [0.15, 0.2) is 9.84 Å². The molecular formula is C18H19N3O3S. The second-order valence-electron chi connectivity index (χ2n) is 5.89. The number of fused-ring (bicyclic) bond motifs is 1. The first-order valence-electron chi connectivity index (χ1n) is 7.87. The third kappa shape index (κ3) is 3.71. The number of carbonyl (C=O) groups is 1. The lowest BCUT2D eigenvalue weighted by Gasteiger charge is -2.07. The van der Waals surface area contributed by atoms with Gasteiger partial charge in [0.25, 0.3) is 0 Å². The van der Waals surface area contributed by atoms with E-state index in [0.717, 1.165) is 16.5 Å². The molecule has 6 nitrogen and oxygen atoms in total. The molecule has 1 heterocycles. The van der Waals surface area contributed by atoms with Crippen molar-refractivity contribution in [3.05, 3.63) is 54.4 Å². The van der Waals surface area contributed by atoms with Crippen LogP contribution in [0.25, 0.3) is 10.8 Å². The van der Waals surface area contributed by atoms with Crippen molar-refractivity contribution in [2.75, 3.05) is 11.1 Å². The predicted octanol–water partition coefficient (Wildman–Crippen LogP) is 2.68. The SMILES string of the molecule is Cc1c(NC(=O)CCS(=O)(=O)c2ccc3ccccc3c2)cnn1C. The molecule has 1 aromatic heterocycles. The topological polar surface area (TPSA) is 81.1 Å². The van der Waals surface area contributed by atoms with E-state index in [-0.39, 0.29) is 23.0 Å². The van der Waals surface area contributed by atoms with Crippen molar-refractivity contribution in [1.29, 1.82) is 0 Å². The number of amides is 1. The highest BCUT2D eigenvalue weighted by molar-refractivity contribution is 7.91. The molecule has 3 aromatic rings. The Morgan fingerprint density at radius 3 is 2.56 bits per heavy atom. The summed E-state index contributed by atoms with van der Waals surface area (Å²) in [5, 5.41) is 8.57. The molecule has 7 heteroatoms. The molecule has 130 valence electrons. The zero-order valence-electron chi connectivity index (χ0n) is 14.1. The van der Waals surface area contributed by atoms with E-state index in [1.807, 2.05) is 31.2 Å². The van der Waals surface area contributed by atoms with E-state index < -0.39 is 9.84 Å². The standard InChI is InChI=1S/C18H19N3O3S/c1-13-17(12-19-21(13)2)20-18(22)9-10-25(23,24)16-8-7-14-5-3-4-6-15(14)11-16/h3-8,11-12H,9-10H2,1-2H3,(H,20,22). The van der Waals surface area contributed by atoms with Gasteiger partial charge in [-0.1, -0.05) is 30.3 Å². The molecule has 0 aliphatic heterocycles. The van der Waals surface area contributed by atoms with Gasteiger partial charge >= 0.3 is 0 Å². The van der Waals surface area contributed by atoms with Crippen molar-refractivity contribution in [1.82, 2.24) is 9.78 Å². The number of benzene rings is 2. The second kappa shape index (κ2) is 6.68. The summed E-state index contributed by atoms with van der Waals surface area (Å²) in [7, 11) is -1.75. The Bertz CT molecular complexity index is 1040. The van der Waals surface area contributed by atoms with Crippen molar-refractivity contribution < 1.29 is 13.2 Å². The van der Waals surface area contributed by atoms with E-state index in [9.17, 15) is 13.2 Å². The van der Waals surface area contributed by atoms with Gasteiger partial charge in [-0.15, -0.1) is 0 Å². The molecule has 1 N–H and O–H groups in total. The number of hydrogen-bond acceptors (Lipinski definition) is 4. The zero-order chi connectivity index (χ0) is 18.0. The van der Waals surface area contributed by atoms with Gasteiger partial charge in [0.05, 0.1) is 28.2 Å². The summed E-state index contributed by atoms with van der Waals surface area (Å²) in [5.74, 6) is -0.586. The largest absolute Gasteiger partial charge is 0.323 e. The third-order valence-electron chi connectivity index (χ3n) is 4.19. The van der Waals surface area contributed by atoms with E-state index in [1.165, 1.54) is 0 Å². The van der Waals surface area contributed by atoms with E-state index in [4.69, 9.17) is 0 Å².